The van der Waals surface area contributed by atoms with Crippen molar-refractivity contribution in [3.05, 3.63) is 59.8 Å². The fourth-order valence-corrected chi connectivity index (χ4v) is 3.38. The zero-order chi connectivity index (χ0) is 20.4. The Kier molecular flexibility index (Phi) is 5.13. The predicted octanol–water partition coefficient (Wildman–Crippen LogP) is 2.82. The van der Waals surface area contributed by atoms with Gasteiger partial charge in [0.15, 0.2) is 23.2 Å². The van der Waals surface area contributed by atoms with Crippen LogP contribution in [0.1, 0.15) is 28.4 Å². The van der Waals surface area contributed by atoms with Gasteiger partial charge in [0.2, 0.25) is 0 Å². The number of amides is 1. The lowest BCUT2D eigenvalue weighted by Crippen LogP contribution is -2.29. The van der Waals surface area contributed by atoms with E-state index in [0.29, 0.717) is 41.6 Å². The number of anilines is 1. The van der Waals surface area contributed by atoms with E-state index in [4.69, 9.17) is 9.47 Å². The summed E-state index contributed by atoms with van der Waals surface area (Å²) < 4.78 is 24.6. The summed E-state index contributed by atoms with van der Waals surface area (Å²) in [5, 5.41) is 0. The third-order valence-corrected chi connectivity index (χ3v) is 4.69. The molecule has 1 amide bonds. The van der Waals surface area contributed by atoms with Crippen molar-refractivity contribution in [1.82, 2.24) is 19.9 Å². The predicted molar refractivity (Wildman–Crippen MR) is 102 cm³/mol. The van der Waals surface area contributed by atoms with Gasteiger partial charge in [-0.25, -0.2) is 24.3 Å². The second-order valence-electron chi connectivity index (χ2n) is 6.36. The lowest BCUT2D eigenvalue weighted by molar-refractivity contribution is 0.0985. The summed E-state index contributed by atoms with van der Waals surface area (Å²) in [6.45, 7) is 0.390. The summed E-state index contributed by atoms with van der Waals surface area (Å²) in [5.41, 5.74) is 0.946. The van der Waals surface area contributed by atoms with Crippen molar-refractivity contribution in [3.8, 4) is 17.4 Å². The van der Waals surface area contributed by atoms with Gasteiger partial charge in [-0.3, -0.25) is 9.69 Å². The first-order chi connectivity index (χ1) is 14.1. The average molecular weight is 395 g/mol. The lowest BCUT2D eigenvalue weighted by Gasteiger charge is -2.24. The van der Waals surface area contributed by atoms with Crippen molar-refractivity contribution in [2.75, 3.05) is 25.7 Å². The monoisotopic (exact) mass is 395 g/mol. The van der Waals surface area contributed by atoms with Gasteiger partial charge in [-0.1, -0.05) is 0 Å². The molecular formula is C20H18FN5O3. The van der Waals surface area contributed by atoms with Crippen LogP contribution in [0.4, 0.5) is 10.2 Å². The smallest absolute Gasteiger partial charge is 0.260 e. The van der Waals surface area contributed by atoms with E-state index >= 15 is 0 Å². The molecule has 29 heavy (non-hydrogen) atoms. The second kappa shape index (κ2) is 7.88. The largest absolute Gasteiger partial charge is 0.494 e. The molecule has 0 aliphatic carbocycles. The van der Waals surface area contributed by atoms with Crippen molar-refractivity contribution >= 4 is 11.7 Å². The van der Waals surface area contributed by atoms with Gasteiger partial charge < -0.3 is 9.47 Å². The van der Waals surface area contributed by atoms with Crippen molar-refractivity contribution in [1.29, 1.82) is 0 Å². The molecule has 3 aromatic rings. The third kappa shape index (κ3) is 3.40. The Bertz CT molecular complexity index is 1050. The molecule has 1 aliphatic rings. The first-order valence-electron chi connectivity index (χ1n) is 8.94. The number of hydrogen-bond donors (Lipinski definition) is 0. The first-order valence-corrected chi connectivity index (χ1v) is 8.94. The molecule has 0 fully saturated rings. The molecule has 0 saturated carbocycles. The highest BCUT2D eigenvalue weighted by Crippen LogP contribution is 2.41. The summed E-state index contributed by atoms with van der Waals surface area (Å²) in [5.74, 6) is 0.220. The van der Waals surface area contributed by atoms with Gasteiger partial charge in [0, 0.05) is 37.9 Å². The number of rotatable bonds is 6. The molecule has 1 aliphatic heterocycles. The molecule has 0 N–H and O–H groups in total. The number of fused-ring (bicyclic) bond motifs is 1. The van der Waals surface area contributed by atoms with E-state index < -0.39 is 11.9 Å². The van der Waals surface area contributed by atoms with Gasteiger partial charge in [0.05, 0.1) is 13.2 Å². The van der Waals surface area contributed by atoms with Crippen LogP contribution in [0.2, 0.25) is 0 Å². The second-order valence-corrected chi connectivity index (χ2v) is 6.36. The molecule has 0 saturated heterocycles. The van der Waals surface area contributed by atoms with Crippen molar-refractivity contribution in [2.24, 2.45) is 0 Å². The molecule has 1 atom stereocenters. The van der Waals surface area contributed by atoms with Crippen LogP contribution in [0.25, 0.3) is 11.6 Å². The molecule has 1 unspecified atom stereocenters. The SMILES string of the molecule is COCCC1c2cc(F)c(OC)cc2C(=O)N1c1ccnc(-c2ncccn2)n1. The van der Waals surface area contributed by atoms with Crippen LogP contribution < -0.4 is 9.64 Å². The first kappa shape index (κ1) is 18.9. The van der Waals surface area contributed by atoms with Crippen LogP contribution in [0, 0.1) is 5.82 Å². The van der Waals surface area contributed by atoms with Gasteiger partial charge >= 0.3 is 0 Å². The zero-order valence-corrected chi connectivity index (χ0v) is 15.9. The summed E-state index contributed by atoms with van der Waals surface area (Å²) in [6.07, 6.45) is 5.19. The van der Waals surface area contributed by atoms with E-state index in [9.17, 15) is 9.18 Å². The minimum atomic E-state index is -0.524. The van der Waals surface area contributed by atoms with Crippen molar-refractivity contribution in [2.45, 2.75) is 12.5 Å². The lowest BCUT2D eigenvalue weighted by atomic mass is 10.0. The Morgan fingerprint density at radius 2 is 1.86 bits per heavy atom. The molecular weight excluding hydrogens is 377 g/mol. The molecule has 8 nitrogen and oxygen atoms in total. The molecule has 4 rings (SSSR count). The topological polar surface area (TPSA) is 90.3 Å². The number of carbonyl (C=O) groups excluding carboxylic acids is 1. The van der Waals surface area contributed by atoms with E-state index in [2.05, 4.69) is 19.9 Å². The number of nitrogens with zero attached hydrogens (tertiary/aromatic N) is 5. The maximum Gasteiger partial charge on any atom is 0.260 e. The van der Waals surface area contributed by atoms with Gasteiger partial charge in [-0.2, -0.15) is 0 Å². The number of methoxy groups -OCH3 is 2. The number of hydrogen-bond acceptors (Lipinski definition) is 7. The minimum absolute atomic E-state index is 0.0190. The van der Waals surface area contributed by atoms with E-state index in [0.717, 1.165) is 0 Å². The number of carbonyl (C=O) groups is 1. The maximum atomic E-state index is 14.4. The molecule has 0 spiro atoms. The highest BCUT2D eigenvalue weighted by molar-refractivity contribution is 6.10. The Morgan fingerprint density at radius 3 is 2.59 bits per heavy atom. The average Bonchev–Trinajstić information content (AvgIpc) is 3.02. The van der Waals surface area contributed by atoms with Gasteiger partial charge in [0.1, 0.15) is 5.82 Å². The van der Waals surface area contributed by atoms with Crippen LogP contribution in [0.3, 0.4) is 0 Å². The molecule has 1 aromatic carbocycles. The molecule has 0 bridgehead atoms. The van der Waals surface area contributed by atoms with Crippen LogP contribution in [-0.4, -0.2) is 46.7 Å². The van der Waals surface area contributed by atoms with Crippen LogP contribution in [-0.2, 0) is 4.74 Å². The highest BCUT2D eigenvalue weighted by Gasteiger charge is 2.39. The quantitative estimate of drug-likeness (QED) is 0.634. The summed E-state index contributed by atoms with van der Waals surface area (Å²) in [6, 6.07) is 5.65. The molecule has 148 valence electrons. The fourth-order valence-electron chi connectivity index (χ4n) is 3.38. The van der Waals surface area contributed by atoms with E-state index in [1.165, 1.54) is 24.1 Å². The minimum Gasteiger partial charge on any atom is -0.494 e. The van der Waals surface area contributed by atoms with Crippen LogP contribution in [0.15, 0.2) is 42.9 Å². The molecule has 2 aromatic heterocycles. The Balaban J connectivity index is 1.79. The fraction of sp³-hybridized carbons (Fsp3) is 0.250. The Labute approximate surface area is 166 Å². The van der Waals surface area contributed by atoms with E-state index in [1.54, 1.807) is 37.8 Å². The standard InChI is InChI=1S/C20H18FN5O3/c1-28-9-5-15-12-10-14(21)16(29-2)11-13(12)20(27)26(15)17-4-8-24-19(25-17)18-22-6-3-7-23-18/h3-4,6-8,10-11,15H,5,9H2,1-2H3. The summed E-state index contributed by atoms with van der Waals surface area (Å²) in [4.78, 5) is 31.7. The molecule has 3 heterocycles. The van der Waals surface area contributed by atoms with Gasteiger partial charge in [0.25, 0.3) is 5.91 Å². The molecule has 0 radical (unpaired) electrons. The van der Waals surface area contributed by atoms with Crippen molar-refractivity contribution in [3.63, 3.8) is 0 Å². The van der Waals surface area contributed by atoms with Crippen molar-refractivity contribution < 1.29 is 18.7 Å². The van der Waals surface area contributed by atoms with Crippen LogP contribution >= 0.6 is 0 Å². The number of ether oxygens (including phenoxy) is 2. The third-order valence-electron chi connectivity index (χ3n) is 4.69. The van der Waals surface area contributed by atoms with Gasteiger partial charge in [-0.15, -0.1) is 0 Å². The van der Waals surface area contributed by atoms with E-state index in [1.807, 2.05) is 0 Å². The number of halogens is 1. The number of benzene rings is 1. The highest BCUT2D eigenvalue weighted by atomic mass is 19.1. The summed E-state index contributed by atoms with van der Waals surface area (Å²) in [7, 11) is 2.94. The van der Waals surface area contributed by atoms with Crippen LogP contribution in [0.5, 0.6) is 5.75 Å². The Morgan fingerprint density at radius 1 is 1.10 bits per heavy atom. The van der Waals surface area contributed by atoms with Gasteiger partial charge in [-0.05, 0) is 36.2 Å². The zero-order valence-electron chi connectivity index (χ0n) is 15.9. The maximum absolute atomic E-state index is 14.4. The van der Waals surface area contributed by atoms with E-state index in [-0.39, 0.29) is 11.7 Å². The molecule has 9 heteroatoms. The summed E-state index contributed by atoms with van der Waals surface area (Å²) >= 11 is 0. The number of aromatic nitrogens is 4. The normalized spacial score (nSPS) is 15.5. The Hall–Kier alpha value is -3.46.